The van der Waals surface area contributed by atoms with Crippen molar-refractivity contribution < 1.29 is 19.1 Å². The molecule has 22 heavy (non-hydrogen) atoms. The van der Waals surface area contributed by atoms with Gasteiger partial charge in [0.15, 0.2) is 6.10 Å². The summed E-state index contributed by atoms with van der Waals surface area (Å²) in [6.07, 6.45) is -0.0781. The van der Waals surface area contributed by atoms with Gasteiger partial charge in [0.25, 0.3) is 5.91 Å². The van der Waals surface area contributed by atoms with Crippen molar-refractivity contribution in [2.45, 2.75) is 12.5 Å². The van der Waals surface area contributed by atoms with Crippen LogP contribution in [0.2, 0.25) is 0 Å². The lowest BCUT2D eigenvalue weighted by Gasteiger charge is -2.13. The van der Waals surface area contributed by atoms with Crippen molar-refractivity contribution in [3.63, 3.8) is 0 Å². The summed E-state index contributed by atoms with van der Waals surface area (Å²) in [5.41, 5.74) is 1.73. The Balaban J connectivity index is 1.75. The van der Waals surface area contributed by atoms with Crippen LogP contribution >= 0.6 is 0 Å². The fourth-order valence-corrected chi connectivity index (χ4v) is 2.42. The first-order valence-electron chi connectivity index (χ1n) is 6.92. The zero-order chi connectivity index (χ0) is 15.5. The average Bonchev–Trinajstić information content (AvgIpc) is 2.99. The maximum absolute atomic E-state index is 12.4. The van der Waals surface area contributed by atoms with E-state index in [2.05, 4.69) is 5.32 Å². The van der Waals surface area contributed by atoms with Crippen molar-refractivity contribution in [2.75, 3.05) is 12.4 Å². The number of nitrogens with one attached hydrogen (secondary N) is 1. The van der Waals surface area contributed by atoms with Gasteiger partial charge in [0, 0.05) is 6.42 Å². The smallest absolute Gasteiger partial charge is 0.339 e. The lowest BCUT2D eigenvalue weighted by molar-refractivity contribution is -0.122. The second-order valence-electron chi connectivity index (χ2n) is 4.94. The largest absolute Gasteiger partial charge is 0.480 e. The number of amides is 1. The SMILES string of the molecule is COC(=O)c1ccccc1NC(=O)C1Cc2ccccc2O1. The third-order valence-electron chi connectivity index (χ3n) is 3.53. The average molecular weight is 297 g/mol. The molecule has 3 rings (SSSR count). The minimum atomic E-state index is -0.594. The summed E-state index contributed by atoms with van der Waals surface area (Å²) >= 11 is 0. The van der Waals surface area contributed by atoms with E-state index in [1.165, 1.54) is 7.11 Å². The highest BCUT2D eigenvalue weighted by molar-refractivity contribution is 6.02. The van der Waals surface area contributed by atoms with E-state index in [1.807, 2.05) is 24.3 Å². The highest BCUT2D eigenvalue weighted by Crippen LogP contribution is 2.29. The molecule has 0 bridgehead atoms. The summed E-state index contributed by atoms with van der Waals surface area (Å²) in [5, 5.41) is 2.74. The molecule has 0 spiro atoms. The molecule has 0 saturated heterocycles. The standard InChI is InChI=1S/C17H15NO4/c1-21-17(20)12-7-3-4-8-13(12)18-16(19)15-10-11-6-2-5-9-14(11)22-15/h2-9,15H,10H2,1H3,(H,18,19). The molecule has 5 nitrogen and oxygen atoms in total. The number of carbonyl (C=O) groups is 2. The molecule has 1 amide bonds. The van der Waals surface area contributed by atoms with Crippen LogP contribution in [-0.4, -0.2) is 25.1 Å². The Morgan fingerprint density at radius 3 is 2.64 bits per heavy atom. The third-order valence-corrected chi connectivity index (χ3v) is 3.53. The maximum Gasteiger partial charge on any atom is 0.339 e. The van der Waals surface area contributed by atoms with E-state index in [1.54, 1.807) is 24.3 Å². The van der Waals surface area contributed by atoms with Gasteiger partial charge in [-0.15, -0.1) is 0 Å². The predicted octanol–water partition coefficient (Wildman–Crippen LogP) is 2.42. The number of esters is 1. The number of methoxy groups -OCH3 is 1. The number of benzene rings is 2. The van der Waals surface area contributed by atoms with E-state index >= 15 is 0 Å². The van der Waals surface area contributed by atoms with Crippen LogP contribution in [-0.2, 0) is 16.0 Å². The predicted molar refractivity (Wildman–Crippen MR) is 81.0 cm³/mol. The summed E-state index contributed by atoms with van der Waals surface area (Å²) in [5.74, 6) is -0.0528. The monoisotopic (exact) mass is 297 g/mol. The number of fused-ring (bicyclic) bond motifs is 1. The molecule has 1 unspecified atom stereocenters. The van der Waals surface area contributed by atoms with E-state index in [-0.39, 0.29) is 5.91 Å². The molecule has 1 N–H and O–H groups in total. The summed E-state index contributed by atoms with van der Waals surface area (Å²) in [7, 11) is 1.30. The van der Waals surface area contributed by atoms with Crippen LogP contribution < -0.4 is 10.1 Å². The summed E-state index contributed by atoms with van der Waals surface area (Å²) < 4.78 is 10.4. The zero-order valence-corrected chi connectivity index (χ0v) is 12.0. The van der Waals surface area contributed by atoms with Crippen LogP contribution in [0.5, 0.6) is 5.75 Å². The van der Waals surface area contributed by atoms with Crippen LogP contribution in [0.15, 0.2) is 48.5 Å². The second-order valence-corrected chi connectivity index (χ2v) is 4.94. The van der Waals surface area contributed by atoms with Gasteiger partial charge >= 0.3 is 5.97 Å². The Hall–Kier alpha value is -2.82. The Labute approximate surface area is 127 Å². The molecule has 2 aromatic carbocycles. The van der Waals surface area contributed by atoms with Crippen molar-refractivity contribution in [2.24, 2.45) is 0 Å². The molecule has 0 saturated carbocycles. The highest BCUT2D eigenvalue weighted by Gasteiger charge is 2.29. The molecule has 0 aliphatic carbocycles. The number of rotatable bonds is 3. The third kappa shape index (κ3) is 2.65. The van der Waals surface area contributed by atoms with Gasteiger partial charge in [-0.2, -0.15) is 0 Å². The normalized spacial score (nSPS) is 15.6. The summed E-state index contributed by atoms with van der Waals surface area (Å²) in [6, 6.07) is 14.3. The molecule has 1 aliphatic heterocycles. The first kappa shape index (κ1) is 14.1. The molecule has 1 aliphatic rings. The molecule has 1 atom stereocenters. The van der Waals surface area contributed by atoms with Crippen LogP contribution in [0.4, 0.5) is 5.69 Å². The molecule has 0 aromatic heterocycles. The van der Waals surface area contributed by atoms with Gasteiger partial charge in [-0.05, 0) is 23.8 Å². The topological polar surface area (TPSA) is 64.6 Å². The fraction of sp³-hybridized carbons (Fsp3) is 0.176. The molecule has 2 aromatic rings. The minimum absolute atomic E-state index is 0.285. The van der Waals surface area contributed by atoms with Crippen molar-refractivity contribution in [1.29, 1.82) is 0 Å². The minimum Gasteiger partial charge on any atom is -0.480 e. The maximum atomic E-state index is 12.4. The van der Waals surface area contributed by atoms with E-state index in [0.29, 0.717) is 17.7 Å². The Morgan fingerprint density at radius 2 is 1.86 bits per heavy atom. The van der Waals surface area contributed by atoms with Gasteiger partial charge in [0.2, 0.25) is 0 Å². The number of anilines is 1. The molecule has 0 radical (unpaired) electrons. The first-order chi connectivity index (χ1) is 10.7. The molecular weight excluding hydrogens is 282 g/mol. The van der Waals surface area contributed by atoms with E-state index in [0.717, 1.165) is 11.3 Å². The van der Waals surface area contributed by atoms with Gasteiger partial charge in [0.1, 0.15) is 5.75 Å². The molecule has 5 heteroatoms. The van der Waals surface area contributed by atoms with Gasteiger partial charge in [-0.25, -0.2) is 4.79 Å². The Morgan fingerprint density at radius 1 is 1.14 bits per heavy atom. The van der Waals surface area contributed by atoms with Gasteiger partial charge in [-0.3, -0.25) is 4.79 Å². The molecular formula is C17H15NO4. The van der Waals surface area contributed by atoms with Gasteiger partial charge in [0.05, 0.1) is 18.4 Å². The highest BCUT2D eigenvalue weighted by atomic mass is 16.5. The summed E-state index contributed by atoms with van der Waals surface area (Å²) in [6.45, 7) is 0. The Kier molecular flexibility index (Phi) is 3.78. The van der Waals surface area contributed by atoms with Crippen LogP contribution in [0.3, 0.4) is 0 Å². The van der Waals surface area contributed by atoms with Crippen molar-refractivity contribution in [1.82, 2.24) is 0 Å². The number of ether oxygens (including phenoxy) is 2. The Bertz CT molecular complexity index is 701. The lowest BCUT2D eigenvalue weighted by atomic mass is 10.1. The number of carbonyl (C=O) groups excluding carboxylic acids is 2. The molecule has 0 fully saturated rings. The van der Waals surface area contributed by atoms with E-state index in [4.69, 9.17) is 9.47 Å². The van der Waals surface area contributed by atoms with Crippen LogP contribution in [0.1, 0.15) is 15.9 Å². The van der Waals surface area contributed by atoms with Crippen LogP contribution in [0.25, 0.3) is 0 Å². The lowest BCUT2D eigenvalue weighted by Crippen LogP contribution is -2.32. The fourth-order valence-electron chi connectivity index (χ4n) is 2.42. The van der Waals surface area contributed by atoms with Crippen molar-refractivity contribution in [3.05, 3.63) is 59.7 Å². The molecule has 1 heterocycles. The van der Waals surface area contributed by atoms with E-state index < -0.39 is 12.1 Å². The number of hydrogen-bond acceptors (Lipinski definition) is 4. The molecule has 112 valence electrons. The van der Waals surface area contributed by atoms with Crippen molar-refractivity contribution in [3.8, 4) is 5.75 Å². The number of para-hydroxylation sites is 2. The number of hydrogen-bond donors (Lipinski definition) is 1. The summed E-state index contributed by atoms with van der Waals surface area (Å²) in [4.78, 5) is 24.1. The van der Waals surface area contributed by atoms with Gasteiger partial charge < -0.3 is 14.8 Å². The zero-order valence-electron chi connectivity index (χ0n) is 12.0. The second kappa shape index (κ2) is 5.89. The van der Waals surface area contributed by atoms with Crippen molar-refractivity contribution >= 4 is 17.6 Å². The van der Waals surface area contributed by atoms with E-state index in [9.17, 15) is 9.59 Å². The van der Waals surface area contributed by atoms with Crippen LogP contribution in [0, 0.1) is 0 Å². The first-order valence-corrected chi connectivity index (χ1v) is 6.92. The van der Waals surface area contributed by atoms with Gasteiger partial charge in [-0.1, -0.05) is 30.3 Å². The quantitative estimate of drug-likeness (QED) is 0.884.